The zero-order valence-electron chi connectivity index (χ0n) is 36.8. The third kappa shape index (κ3) is 5.19. The molecule has 0 amide bonds. The van der Waals surface area contributed by atoms with Crippen LogP contribution >= 0.6 is 23.1 Å². The Labute approximate surface area is 395 Å². The van der Waals surface area contributed by atoms with Gasteiger partial charge in [-0.05, 0) is 98.2 Å². The van der Waals surface area contributed by atoms with Crippen LogP contribution in [0.5, 0.6) is 0 Å². The van der Waals surface area contributed by atoms with E-state index in [2.05, 4.69) is 228 Å². The quantitative estimate of drug-likeness (QED) is 0.190. The van der Waals surface area contributed by atoms with Gasteiger partial charge < -0.3 is 14.5 Å². The predicted octanol–water partition coefficient (Wildman–Crippen LogP) is 17.7. The van der Waals surface area contributed by atoms with E-state index in [4.69, 9.17) is 0 Å². The molecule has 10 aromatic carbocycles. The monoisotopic (exact) mass is 891 g/mol. The second-order valence-corrected chi connectivity index (χ2v) is 21.0. The Hall–Kier alpha value is -7.57. The van der Waals surface area contributed by atoms with E-state index < -0.39 is 0 Å². The maximum Gasteiger partial charge on any atom is 0.157 e. The molecule has 3 nitrogen and oxygen atoms in total. The van der Waals surface area contributed by atoms with E-state index in [-0.39, 0.29) is 10.9 Å². The van der Waals surface area contributed by atoms with Crippen molar-refractivity contribution in [3.05, 3.63) is 211 Å². The molecule has 5 heteroatoms. The number of fused-ring (bicyclic) bond motifs is 17. The summed E-state index contributed by atoms with van der Waals surface area (Å²) in [6, 6.07) is 74.8. The van der Waals surface area contributed by atoms with Gasteiger partial charge in [-0.1, -0.05) is 177 Å². The number of para-hydroxylation sites is 3. The first-order valence-electron chi connectivity index (χ1n) is 23.2. The summed E-state index contributed by atoms with van der Waals surface area (Å²) in [6.45, 7) is 4.75. The fraction of sp³-hybridized carbons (Fsp3) is 0.0645. The van der Waals surface area contributed by atoms with Crippen molar-refractivity contribution in [2.24, 2.45) is 0 Å². The minimum atomic E-state index is -0.0760. The third-order valence-corrected chi connectivity index (χ3v) is 17.3. The Kier molecular flexibility index (Phi) is 7.72. The highest BCUT2D eigenvalue weighted by Gasteiger charge is 2.36. The Balaban J connectivity index is 1.03. The largest absolute Gasteiger partial charge is 0.355 e. The molecule has 316 valence electrons. The third-order valence-electron chi connectivity index (χ3n) is 15.0. The molecule has 13 aromatic rings. The summed E-state index contributed by atoms with van der Waals surface area (Å²) < 4.78 is 7.75. The number of benzene rings is 10. The van der Waals surface area contributed by atoms with Gasteiger partial charge in [0.15, 0.2) is 5.50 Å². The first kappa shape index (κ1) is 37.6. The molecule has 1 unspecified atom stereocenters. The lowest BCUT2D eigenvalue weighted by atomic mass is 9.81. The Bertz CT molecular complexity index is 4240. The average Bonchev–Trinajstić information content (AvgIpc) is 4.18. The van der Waals surface area contributed by atoms with Crippen LogP contribution in [0.2, 0.25) is 0 Å². The molecule has 0 fully saturated rings. The van der Waals surface area contributed by atoms with Crippen molar-refractivity contribution >= 4 is 103 Å². The number of aromatic nitrogens is 2. The van der Waals surface area contributed by atoms with Crippen LogP contribution in [0.25, 0.3) is 114 Å². The molecule has 67 heavy (non-hydrogen) atoms. The first-order chi connectivity index (χ1) is 33.0. The number of hydrogen-bond acceptors (Lipinski definition) is 3. The minimum Gasteiger partial charge on any atom is -0.355 e. The van der Waals surface area contributed by atoms with E-state index in [0.29, 0.717) is 0 Å². The minimum absolute atomic E-state index is 0.0439. The highest BCUT2D eigenvalue weighted by atomic mass is 32.2. The van der Waals surface area contributed by atoms with Gasteiger partial charge in [0.25, 0.3) is 0 Å². The molecule has 1 aliphatic heterocycles. The molecule has 1 atom stereocenters. The van der Waals surface area contributed by atoms with Crippen molar-refractivity contribution in [3.63, 3.8) is 0 Å². The molecule has 0 saturated carbocycles. The molecule has 1 N–H and O–H groups in total. The molecule has 0 spiro atoms. The highest BCUT2D eigenvalue weighted by Crippen LogP contribution is 2.54. The summed E-state index contributed by atoms with van der Waals surface area (Å²) in [6.07, 6.45) is 0. The number of nitrogens with one attached hydrogen (secondary N) is 1. The Morgan fingerprint density at radius 3 is 2.01 bits per heavy atom. The van der Waals surface area contributed by atoms with E-state index in [0.717, 1.165) is 0 Å². The number of rotatable bonds is 4. The lowest BCUT2D eigenvalue weighted by Gasteiger charge is -2.22. The molecular weight excluding hydrogens is 851 g/mol. The van der Waals surface area contributed by atoms with Gasteiger partial charge in [-0.3, -0.25) is 0 Å². The molecule has 2 aliphatic rings. The van der Waals surface area contributed by atoms with Gasteiger partial charge >= 0.3 is 0 Å². The van der Waals surface area contributed by atoms with Crippen molar-refractivity contribution in [2.45, 2.75) is 29.7 Å². The summed E-state index contributed by atoms with van der Waals surface area (Å²) in [5, 5.41) is 14.3. The summed E-state index contributed by atoms with van der Waals surface area (Å²) in [4.78, 5) is 1.28. The van der Waals surface area contributed by atoms with Crippen molar-refractivity contribution in [1.29, 1.82) is 0 Å². The van der Waals surface area contributed by atoms with Crippen LogP contribution in [0, 0.1) is 0 Å². The van der Waals surface area contributed by atoms with Crippen LogP contribution in [0.3, 0.4) is 0 Å². The number of thioether (sulfide) groups is 1. The van der Waals surface area contributed by atoms with Crippen LogP contribution in [0.1, 0.15) is 30.5 Å². The summed E-state index contributed by atoms with van der Waals surface area (Å²) in [5.74, 6) is 0. The molecule has 3 aromatic heterocycles. The maximum absolute atomic E-state index is 4.00. The van der Waals surface area contributed by atoms with E-state index in [1.54, 1.807) is 0 Å². The highest BCUT2D eigenvalue weighted by molar-refractivity contribution is 8.00. The Morgan fingerprint density at radius 2 is 1.15 bits per heavy atom. The van der Waals surface area contributed by atoms with Gasteiger partial charge in [-0.2, -0.15) is 0 Å². The maximum atomic E-state index is 4.00. The molecule has 15 rings (SSSR count). The van der Waals surface area contributed by atoms with Crippen molar-refractivity contribution in [3.8, 4) is 39.1 Å². The summed E-state index contributed by atoms with van der Waals surface area (Å²) in [7, 11) is 0. The number of hydrogen-bond donors (Lipinski definition) is 1. The van der Waals surface area contributed by atoms with E-state index in [1.807, 2.05) is 23.1 Å². The molecule has 1 aliphatic carbocycles. The van der Waals surface area contributed by atoms with Crippen LogP contribution in [0.15, 0.2) is 205 Å². The van der Waals surface area contributed by atoms with E-state index in [9.17, 15) is 0 Å². The topological polar surface area (TPSA) is 21.9 Å². The fourth-order valence-electron chi connectivity index (χ4n) is 11.9. The smallest absolute Gasteiger partial charge is 0.157 e. The fourth-order valence-corrected chi connectivity index (χ4v) is 14.3. The number of nitrogens with zero attached hydrogens (tertiary/aromatic N) is 2. The van der Waals surface area contributed by atoms with Crippen LogP contribution in [0.4, 0.5) is 5.69 Å². The Morgan fingerprint density at radius 1 is 0.463 bits per heavy atom. The van der Waals surface area contributed by atoms with Gasteiger partial charge in [0.1, 0.15) is 0 Å². The molecule has 0 radical (unpaired) electrons. The molecule has 0 bridgehead atoms. The zero-order chi connectivity index (χ0) is 44.1. The summed E-state index contributed by atoms with van der Waals surface area (Å²) >= 11 is 3.86. The molecule has 0 saturated heterocycles. The van der Waals surface area contributed by atoms with Gasteiger partial charge in [0.05, 0.1) is 38.1 Å². The van der Waals surface area contributed by atoms with Crippen LogP contribution in [-0.2, 0) is 5.41 Å². The van der Waals surface area contributed by atoms with Crippen LogP contribution < -0.4 is 5.32 Å². The predicted molar refractivity (Wildman–Crippen MR) is 288 cm³/mol. The van der Waals surface area contributed by atoms with Crippen molar-refractivity contribution < 1.29 is 0 Å². The second-order valence-electron chi connectivity index (χ2n) is 18.8. The number of thiophene rings is 1. The molecule has 4 heterocycles. The lowest BCUT2D eigenvalue weighted by molar-refractivity contribution is 0.660. The van der Waals surface area contributed by atoms with Crippen molar-refractivity contribution in [2.75, 3.05) is 5.32 Å². The first-order valence-corrected chi connectivity index (χ1v) is 24.9. The van der Waals surface area contributed by atoms with Gasteiger partial charge in [-0.15, -0.1) is 11.3 Å². The average molecular weight is 892 g/mol. The van der Waals surface area contributed by atoms with Gasteiger partial charge in [0, 0.05) is 52.9 Å². The zero-order valence-corrected chi connectivity index (χ0v) is 38.5. The van der Waals surface area contributed by atoms with E-state index in [1.165, 1.54) is 135 Å². The van der Waals surface area contributed by atoms with E-state index >= 15 is 0 Å². The SMILES string of the molecule is CC1(C)c2ccccc2-c2ccc(-c3ccc4c5c6ccccc6c6c7cc8c9ccccc9n(-c9ccccc9-c9ccccc9)c8cc7sc6c5n(C5Nc6ccccc6S5)c4c3)cc21. The molecular formula is C62H41N3S2. The standard InChI is InChI=1S/C62H41N3S2/c1-62(2)48-23-11-8-19-40(48)41-30-28-37(32-49(41)62)38-29-31-45-53(33-38)65(61-63-50-24-12-15-27-55(50)67-61)59-57(45)43-21-6-7-22-44(43)58-47-34-46-42-20-10-14-26-52(42)64(54(46)35-56(47)66-60(58)59)51-25-13-9-18-39(51)36-16-4-3-5-17-36/h3-35,61,63H,1-2H3. The summed E-state index contributed by atoms with van der Waals surface area (Å²) in [5.41, 5.74) is 17.6. The van der Waals surface area contributed by atoms with Crippen molar-refractivity contribution in [1.82, 2.24) is 9.13 Å². The van der Waals surface area contributed by atoms with Gasteiger partial charge in [-0.25, -0.2) is 0 Å². The number of anilines is 1. The van der Waals surface area contributed by atoms with Gasteiger partial charge in [0.2, 0.25) is 0 Å². The van der Waals surface area contributed by atoms with Crippen LogP contribution in [-0.4, -0.2) is 9.13 Å². The lowest BCUT2D eigenvalue weighted by Crippen LogP contribution is -2.14. The second kappa shape index (κ2) is 13.7. The normalized spacial score (nSPS) is 15.0.